The minimum Gasteiger partial charge on any atom is -0.497 e. The maximum Gasteiger partial charge on any atom is 0.251 e. The highest BCUT2D eigenvalue weighted by Gasteiger charge is 2.25. The predicted octanol–water partition coefficient (Wildman–Crippen LogP) is 2.54. The highest BCUT2D eigenvalue weighted by Crippen LogP contribution is 2.33. The van der Waals surface area contributed by atoms with Crippen molar-refractivity contribution in [2.24, 2.45) is 5.92 Å². The fourth-order valence-corrected chi connectivity index (χ4v) is 3.07. The molecule has 1 aliphatic rings. The summed E-state index contributed by atoms with van der Waals surface area (Å²) < 4.78 is 16.4. The van der Waals surface area contributed by atoms with E-state index in [1.807, 2.05) is 32.0 Å². The van der Waals surface area contributed by atoms with Gasteiger partial charge in [0.15, 0.2) is 11.5 Å². The molecule has 1 aliphatic heterocycles. The molecule has 2 aromatic carbocycles. The van der Waals surface area contributed by atoms with E-state index in [4.69, 9.17) is 14.2 Å². The first-order valence-electron chi connectivity index (χ1n) is 9.59. The molecule has 1 atom stereocenters. The molecule has 0 bridgehead atoms. The van der Waals surface area contributed by atoms with Crippen molar-refractivity contribution in [3.8, 4) is 17.2 Å². The number of fused-ring (bicyclic) bond motifs is 1. The number of para-hydroxylation sites is 1. The summed E-state index contributed by atoms with van der Waals surface area (Å²) in [6, 6.07) is 11.7. The van der Waals surface area contributed by atoms with E-state index < -0.39 is 6.04 Å². The topological polar surface area (TPSA) is 85.9 Å². The predicted molar refractivity (Wildman–Crippen MR) is 108 cm³/mol. The maximum absolute atomic E-state index is 12.8. The molecule has 7 nitrogen and oxygen atoms in total. The summed E-state index contributed by atoms with van der Waals surface area (Å²) in [4.78, 5) is 25.3. The first-order valence-corrected chi connectivity index (χ1v) is 9.59. The number of hydrogen-bond acceptors (Lipinski definition) is 5. The average Bonchev–Trinajstić information content (AvgIpc) is 2.75. The minimum absolute atomic E-state index is 0.0820. The number of rotatable bonds is 7. The number of carbonyl (C=O) groups is 2. The van der Waals surface area contributed by atoms with Crippen LogP contribution in [0.25, 0.3) is 0 Å². The van der Waals surface area contributed by atoms with E-state index in [1.165, 1.54) is 0 Å². The van der Waals surface area contributed by atoms with Gasteiger partial charge >= 0.3 is 0 Å². The van der Waals surface area contributed by atoms with Gasteiger partial charge < -0.3 is 24.8 Å². The molecule has 0 spiro atoms. The van der Waals surface area contributed by atoms with E-state index >= 15 is 0 Å². The third-order valence-electron chi connectivity index (χ3n) is 4.69. The molecular weight excluding hydrogens is 372 g/mol. The molecule has 0 saturated carbocycles. The van der Waals surface area contributed by atoms with Crippen LogP contribution in [0, 0.1) is 5.92 Å². The van der Waals surface area contributed by atoms with Crippen LogP contribution in [0.1, 0.15) is 29.8 Å². The van der Waals surface area contributed by atoms with Crippen molar-refractivity contribution in [3.63, 3.8) is 0 Å². The van der Waals surface area contributed by atoms with Gasteiger partial charge in [-0.25, -0.2) is 0 Å². The SMILES string of the molecule is COc1ccc(C(=O)NC(C(=O)NCc2cccc3c2OCCO3)C(C)C)cc1. The van der Waals surface area contributed by atoms with Gasteiger partial charge in [0, 0.05) is 17.7 Å². The third-order valence-corrected chi connectivity index (χ3v) is 4.69. The minimum atomic E-state index is -0.665. The zero-order valence-electron chi connectivity index (χ0n) is 16.9. The van der Waals surface area contributed by atoms with Gasteiger partial charge in [0.25, 0.3) is 5.91 Å². The fourth-order valence-electron chi connectivity index (χ4n) is 3.07. The number of nitrogens with one attached hydrogen (secondary N) is 2. The summed E-state index contributed by atoms with van der Waals surface area (Å²) in [5.74, 6) is 1.35. The molecule has 0 aromatic heterocycles. The van der Waals surface area contributed by atoms with E-state index in [0.717, 1.165) is 5.56 Å². The first kappa shape index (κ1) is 20.5. The number of hydrogen-bond donors (Lipinski definition) is 2. The number of ether oxygens (including phenoxy) is 3. The highest BCUT2D eigenvalue weighted by atomic mass is 16.6. The van der Waals surface area contributed by atoms with Crippen LogP contribution in [0.4, 0.5) is 0 Å². The van der Waals surface area contributed by atoms with Crippen LogP contribution in [0.2, 0.25) is 0 Å². The molecule has 0 saturated heterocycles. The summed E-state index contributed by atoms with van der Waals surface area (Å²) in [6.07, 6.45) is 0. The van der Waals surface area contributed by atoms with Gasteiger partial charge in [-0.05, 0) is 36.2 Å². The second-order valence-corrected chi connectivity index (χ2v) is 7.08. The summed E-state index contributed by atoms with van der Waals surface area (Å²) in [5.41, 5.74) is 1.30. The zero-order chi connectivity index (χ0) is 20.8. The Kier molecular flexibility index (Phi) is 6.59. The van der Waals surface area contributed by atoms with Gasteiger partial charge in [0.1, 0.15) is 25.0 Å². The summed E-state index contributed by atoms with van der Waals surface area (Å²) >= 11 is 0. The van der Waals surface area contributed by atoms with Crippen molar-refractivity contribution in [1.29, 1.82) is 0 Å². The molecule has 3 rings (SSSR count). The second-order valence-electron chi connectivity index (χ2n) is 7.08. The zero-order valence-corrected chi connectivity index (χ0v) is 16.9. The van der Waals surface area contributed by atoms with Gasteiger partial charge in [-0.2, -0.15) is 0 Å². The van der Waals surface area contributed by atoms with Crippen molar-refractivity contribution in [3.05, 3.63) is 53.6 Å². The number of methoxy groups -OCH3 is 1. The van der Waals surface area contributed by atoms with Crippen LogP contribution in [0.15, 0.2) is 42.5 Å². The van der Waals surface area contributed by atoms with Crippen molar-refractivity contribution in [2.75, 3.05) is 20.3 Å². The van der Waals surface area contributed by atoms with Crippen LogP contribution < -0.4 is 24.8 Å². The lowest BCUT2D eigenvalue weighted by Gasteiger charge is -2.23. The van der Waals surface area contributed by atoms with Gasteiger partial charge in [-0.1, -0.05) is 26.0 Å². The lowest BCUT2D eigenvalue weighted by molar-refractivity contribution is -0.124. The fraction of sp³-hybridized carbons (Fsp3) is 0.364. The summed E-state index contributed by atoms with van der Waals surface area (Å²) in [5, 5.41) is 5.72. The molecule has 1 heterocycles. The highest BCUT2D eigenvalue weighted by molar-refractivity contribution is 5.97. The van der Waals surface area contributed by atoms with Crippen LogP contribution in [-0.4, -0.2) is 38.2 Å². The van der Waals surface area contributed by atoms with E-state index in [-0.39, 0.29) is 24.3 Å². The Morgan fingerprint density at radius 1 is 1.07 bits per heavy atom. The van der Waals surface area contributed by atoms with Gasteiger partial charge in [0.05, 0.1) is 7.11 Å². The maximum atomic E-state index is 12.8. The standard InChI is InChI=1S/C22H26N2O5/c1-14(2)19(24-21(25)15-7-9-17(27-3)10-8-15)22(26)23-13-16-5-4-6-18-20(16)29-12-11-28-18/h4-10,14,19H,11-13H2,1-3H3,(H,23,26)(H,24,25). The Hall–Kier alpha value is -3.22. The van der Waals surface area contributed by atoms with Crippen molar-refractivity contribution >= 4 is 11.8 Å². The van der Waals surface area contributed by atoms with Crippen LogP contribution in [0.3, 0.4) is 0 Å². The molecule has 2 aromatic rings. The van der Waals surface area contributed by atoms with Gasteiger partial charge in [-0.3, -0.25) is 9.59 Å². The van der Waals surface area contributed by atoms with E-state index in [1.54, 1.807) is 31.4 Å². The van der Waals surface area contributed by atoms with Crippen LogP contribution in [0.5, 0.6) is 17.2 Å². The number of benzene rings is 2. The molecule has 7 heteroatoms. The Morgan fingerprint density at radius 2 is 1.79 bits per heavy atom. The van der Waals surface area contributed by atoms with E-state index in [0.29, 0.717) is 36.0 Å². The largest absolute Gasteiger partial charge is 0.497 e. The van der Waals surface area contributed by atoms with Crippen molar-refractivity contribution < 1.29 is 23.8 Å². The molecule has 0 radical (unpaired) electrons. The van der Waals surface area contributed by atoms with E-state index in [2.05, 4.69) is 10.6 Å². The molecule has 154 valence electrons. The molecule has 1 unspecified atom stereocenters. The monoisotopic (exact) mass is 398 g/mol. The van der Waals surface area contributed by atoms with Crippen molar-refractivity contribution in [2.45, 2.75) is 26.4 Å². The third kappa shape index (κ3) is 4.99. The number of amides is 2. The molecule has 2 amide bonds. The lowest BCUT2D eigenvalue weighted by Crippen LogP contribution is -2.49. The lowest BCUT2D eigenvalue weighted by atomic mass is 10.0. The Labute approximate surface area is 170 Å². The summed E-state index contributed by atoms with van der Waals surface area (Å²) in [7, 11) is 1.56. The second kappa shape index (κ2) is 9.32. The van der Waals surface area contributed by atoms with Crippen LogP contribution in [-0.2, 0) is 11.3 Å². The molecule has 0 aliphatic carbocycles. The Morgan fingerprint density at radius 3 is 2.48 bits per heavy atom. The number of carbonyl (C=O) groups excluding carboxylic acids is 2. The van der Waals surface area contributed by atoms with Crippen molar-refractivity contribution in [1.82, 2.24) is 10.6 Å². The normalized spacial score (nSPS) is 13.5. The molecule has 2 N–H and O–H groups in total. The average molecular weight is 398 g/mol. The Balaban J connectivity index is 1.64. The molecular formula is C22H26N2O5. The van der Waals surface area contributed by atoms with Gasteiger partial charge in [0.2, 0.25) is 5.91 Å². The van der Waals surface area contributed by atoms with E-state index in [9.17, 15) is 9.59 Å². The summed E-state index contributed by atoms with van der Waals surface area (Å²) in [6.45, 7) is 5.05. The quantitative estimate of drug-likeness (QED) is 0.749. The molecule has 0 fully saturated rings. The van der Waals surface area contributed by atoms with Crippen LogP contribution >= 0.6 is 0 Å². The first-order chi connectivity index (χ1) is 14.0. The van der Waals surface area contributed by atoms with Gasteiger partial charge in [-0.15, -0.1) is 0 Å². The molecule has 29 heavy (non-hydrogen) atoms. The smallest absolute Gasteiger partial charge is 0.251 e. The Bertz CT molecular complexity index is 864.